The lowest BCUT2D eigenvalue weighted by Crippen LogP contribution is -2.48. The number of nitrogens with zero attached hydrogens (tertiary/aromatic N) is 3. The number of aromatic nitrogens is 2. The molecule has 7 nitrogen and oxygen atoms in total. The highest BCUT2D eigenvalue weighted by Crippen LogP contribution is 2.42. The van der Waals surface area contributed by atoms with Gasteiger partial charge in [0, 0.05) is 23.8 Å². The van der Waals surface area contributed by atoms with Gasteiger partial charge >= 0.3 is 0 Å². The molecule has 2 aromatic heterocycles. The highest BCUT2D eigenvalue weighted by molar-refractivity contribution is 7.17. The van der Waals surface area contributed by atoms with Crippen LogP contribution in [0.4, 0.5) is 22.2 Å². The number of thiazole rings is 1. The summed E-state index contributed by atoms with van der Waals surface area (Å²) >= 11 is 1.44. The van der Waals surface area contributed by atoms with Crippen molar-refractivity contribution in [2.75, 3.05) is 23.4 Å². The molecule has 154 valence electrons. The number of aryl methyl sites for hydroxylation is 1. The minimum atomic E-state index is -0.281. The van der Waals surface area contributed by atoms with Crippen molar-refractivity contribution in [3.05, 3.63) is 52.8 Å². The first kappa shape index (κ1) is 18.9. The van der Waals surface area contributed by atoms with Crippen LogP contribution in [0.2, 0.25) is 0 Å². The van der Waals surface area contributed by atoms with E-state index in [1.54, 1.807) is 6.20 Å². The molecule has 5 rings (SSSR count). The van der Waals surface area contributed by atoms with Crippen molar-refractivity contribution in [1.82, 2.24) is 15.3 Å². The maximum Gasteiger partial charge on any atom is 0.263 e. The van der Waals surface area contributed by atoms with E-state index in [9.17, 15) is 4.79 Å². The number of carbonyl (C=O) groups is 1. The molecule has 2 aliphatic rings. The van der Waals surface area contributed by atoms with Gasteiger partial charge in [0.05, 0.1) is 29.8 Å². The quantitative estimate of drug-likeness (QED) is 0.660. The number of amides is 1. The topological polar surface area (TPSA) is 79.4 Å². The van der Waals surface area contributed by atoms with Crippen LogP contribution in [-0.4, -0.2) is 34.6 Å². The molecule has 2 N–H and O–H groups in total. The number of carbonyl (C=O) groups excluding carboxylic acids is 1. The lowest BCUT2D eigenvalue weighted by Gasteiger charge is -2.30. The van der Waals surface area contributed by atoms with Crippen molar-refractivity contribution >= 4 is 39.4 Å². The predicted molar refractivity (Wildman–Crippen MR) is 119 cm³/mol. The van der Waals surface area contributed by atoms with E-state index in [0.29, 0.717) is 18.0 Å². The van der Waals surface area contributed by atoms with Gasteiger partial charge in [-0.05, 0) is 50.6 Å². The Morgan fingerprint density at radius 1 is 1.30 bits per heavy atom. The van der Waals surface area contributed by atoms with Gasteiger partial charge in [-0.25, -0.2) is 4.98 Å². The standard InChI is InChI=1S/C22H23N5O2S/c1-13-6-7-23-12-16(13)24-14-4-5-18-17(10-14)27(8-9-29-18)21-25-15-11-22(2,3)26-20(28)19(15)30-21/h4-7,10,12,24H,8-9,11H2,1-3H3,(H,26,28). The summed E-state index contributed by atoms with van der Waals surface area (Å²) < 4.78 is 5.88. The molecule has 0 spiro atoms. The summed E-state index contributed by atoms with van der Waals surface area (Å²) in [6.45, 7) is 7.35. The lowest BCUT2D eigenvalue weighted by molar-refractivity contribution is 0.0901. The number of nitrogens with one attached hydrogen (secondary N) is 2. The van der Waals surface area contributed by atoms with Crippen molar-refractivity contribution in [3.8, 4) is 5.75 Å². The Kier molecular flexibility index (Phi) is 4.39. The number of ether oxygens (including phenoxy) is 1. The zero-order valence-corrected chi connectivity index (χ0v) is 18.0. The SMILES string of the molecule is Cc1ccncc1Nc1ccc2c(c1)N(c1nc3c(s1)C(=O)NC(C)(C)C3)CCO2. The normalized spacial score (nSPS) is 16.9. The van der Waals surface area contributed by atoms with E-state index in [4.69, 9.17) is 9.72 Å². The summed E-state index contributed by atoms with van der Waals surface area (Å²) in [7, 11) is 0. The van der Waals surface area contributed by atoms with Gasteiger partial charge < -0.3 is 20.3 Å². The average molecular weight is 422 g/mol. The Morgan fingerprint density at radius 3 is 3.00 bits per heavy atom. The molecule has 1 amide bonds. The van der Waals surface area contributed by atoms with Gasteiger partial charge in [-0.2, -0.15) is 0 Å². The summed E-state index contributed by atoms with van der Waals surface area (Å²) in [5, 5.41) is 7.32. The van der Waals surface area contributed by atoms with E-state index < -0.39 is 0 Å². The fraction of sp³-hybridized carbons (Fsp3) is 0.318. The molecule has 0 bridgehead atoms. The molecule has 30 heavy (non-hydrogen) atoms. The largest absolute Gasteiger partial charge is 0.490 e. The average Bonchev–Trinajstić information content (AvgIpc) is 3.12. The zero-order valence-electron chi connectivity index (χ0n) is 17.2. The van der Waals surface area contributed by atoms with Crippen LogP contribution in [0, 0.1) is 6.92 Å². The molecule has 4 heterocycles. The Morgan fingerprint density at radius 2 is 2.17 bits per heavy atom. The van der Waals surface area contributed by atoms with Crippen LogP contribution in [0.15, 0.2) is 36.7 Å². The fourth-order valence-electron chi connectivity index (χ4n) is 3.82. The molecule has 1 aromatic carbocycles. The van der Waals surface area contributed by atoms with Crippen molar-refractivity contribution in [3.63, 3.8) is 0 Å². The smallest absolute Gasteiger partial charge is 0.263 e. The fourth-order valence-corrected chi connectivity index (χ4v) is 4.84. The first-order valence-corrected chi connectivity index (χ1v) is 10.8. The molecular formula is C22H23N5O2S. The third-order valence-corrected chi connectivity index (χ3v) is 6.44. The summed E-state index contributed by atoms with van der Waals surface area (Å²) in [4.78, 5) is 24.4. The molecule has 0 radical (unpaired) electrons. The maximum absolute atomic E-state index is 12.5. The number of benzene rings is 1. The molecule has 0 saturated carbocycles. The monoisotopic (exact) mass is 421 g/mol. The lowest BCUT2D eigenvalue weighted by atomic mass is 9.94. The third kappa shape index (κ3) is 3.37. The Bertz CT molecular complexity index is 1140. The van der Waals surface area contributed by atoms with Gasteiger partial charge in [-0.3, -0.25) is 9.78 Å². The number of rotatable bonds is 3. The molecule has 0 aliphatic carbocycles. The summed E-state index contributed by atoms with van der Waals surface area (Å²) in [6.07, 6.45) is 4.33. The number of fused-ring (bicyclic) bond motifs is 2. The molecule has 8 heteroatoms. The van der Waals surface area contributed by atoms with E-state index in [1.165, 1.54) is 11.3 Å². The highest BCUT2D eigenvalue weighted by Gasteiger charge is 2.34. The second kappa shape index (κ2) is 6.98. The second-order valence-electron chi connectivity index (χ2n) is 8.29. The van der Waals surface area contributed by atoms with Gasteiger partial charge in [0.1, 0.15) is 17.2 Å². The second-order valence-corrected chi connectivity index (χ2v) is 9.26. The highest BCUT2D eigenvalue weighted by atomic mass is 32.1. The number of pyridine rings is 1. The first-order valence-electron chi connectivity index (χ1n) is 9.94. The Labute approximate surface area is 179 Å². The van der Waals surface area contributed by atoms with Crippen molar-refractivity contribution in [1.29, 1.82) is 0 Å². The van der Waals surface area contributed by atoms with E-state index in [-0.39, 0.29) is 11.4 Å². The van der Waals surface area contributed by atoms with Crippen LogP contribution in [0.1, 0.15) is 34.8 Å². The number of hydrogen-bond donors (Lipinski definition) is 2. The van der Waals surface area contributed by atoms with Gasteiger partial charge in [-0.15, -0.1) is 0 Å². The Balaban J connectivity index is 1.50. The summed E-state index contributed by atoms with van der Waals surface area (Å²) in [5.41, 5.74) is 4.56. The molecule has 2 aliphatic heterocycles. The number of hydrogen-bond acceptors (Lipinski definition) is 7. The van der Waals surface area contributed by atoms with Gasteiger partial charge in [0.2, 0.25) is 0 Å². The van der Waals surface area contributed by atoms with Gasteiger partial charge in [0.25, 0.3) is 5.91 Å². The summed E-state index contributed by atoms with van der Waals surface area (Å²) in [5.74, 6) is 0.772. The predicted octanol–water partition coefficient (Wildman–Crippen LogP) is 4.19. The minimum Gasteiger partial charge on any atom is -0.490 e. The van der Waals surface area contributed by atoms with Crippen LogP contribution in [-0.2, 0) is 6.42 Å². The van der Waals surface area contributed by atoms with Crippen molar-refractivity contribution < 1.29 is 9.53 Å². The molecule has 0 saturated heterocycles. The van der Waals surface area contributed by atoms with Crippen LogP contribution in [0.5, 0.6) is 5.75 Å². The van der Waals surface area contributed by atoms with Crippen LogP contribution in [0.25, 0.3) is 0 Å². The number of anilines is 4. The van der Waals surface area contributed by atoms with E-state index >= 15 is 0 Å². The van der Waals surface area contributed by atoms with Crippen LogP contribution >= 0.6 is 11.3 Å². The zero-order chi connectivity index (χ0) is 20.9. The Hall–Kier alpha value is -3.13. The molecule has 0 fully saturated rings. The van der Waals surface area contributed by atoms with E-state index in [2.05, 4.69) is 26.6 Å². The van der Waals surface area contributed by atoms with Crippen LogP contribution < -0.4 is 20.3 Å². The molecule has 0 atom stereocenters. The minimum absolute atomic E-state index is 0.0408. The molecular weight excluding hydrogens is 398 g/mol. The van der Waals surface area contributed by atoms with Gasteiger partial charge in [0.15, 0.2) is 5.13 Å². The molecule has 3 aromatic rings. The maximum atomic E-state index is 12.5. The van der Waals surface area contributed by atoms with E-state index in [1.807, 2.05) is 45.2 Å². The third-order valence-electron chi connectivity index (χ3n) is 5.32. The van der Waals surface area contributed by atoms with Gasteiger partial charge in [-0.1, -0.05) is 11.3 Å². The van der Waals surface area contributed by atoms with Crippen molar-refractivity contribution in [2.45, 2.75) is 32.7 Å². The molecule has 0 unspecified atom stereocenters. The van der Waals surface area contributed by atoms with E-state index in [0.717, 1.165) is 45.6 Å². The first-order chi connectivity index (χ1) is 14.4. The summed E-state index contributed by atoms with van der Waals surface area (Å²) in [6, 6.07) is 8.00. The van der Waals surface area contributed by atoms with Crippen LogP contribution in [0.3, 0.4) is 0 Å². The van der Waals surface area contributed by atoms with Crippen molar-refractivity contribution in [2.24, 2.45) is 0 Å².